The number of anilines is 1. The number of nitrogens with zero attached hydrogens (tertiary/aromatic N) is 1. The van der Waals surface area contributed by atoms with Crippen LogP contribution in [0.4, 0.5) is 5.69 Å². The molecule has 0 spiro atoms. The highest BCUT2D eigenvalue weighted by molar-refractivity contribution is 8.93. The first-order valence-electron chi connectivity index (χ1n) is 8.18. The van der Waals surface area contributed by atoms with E-state index in [4.69, 9.17) is 4.74 Å². The van der Waals surface area contributed by atoms with Gasteiger partial charge >= 0.3 is 0 Å². The predicted molar refractivity (Wildman–Crippen MR) is 104 cm³/mol. The van der Waals surface area contributed by atoms with Crippen molar-refractivity contribution >= 4 is 33.6 Å². The summed E-state index contributed by atoms with van der Waals surface area (Å²) in [5.41, 5.74) is 2.04. The summed E-state index contributed by atoms with van der Waals surface area (Å²) in [4.78, 5) is 4.48. The minimum atomic E-state index is 0. The fourth-order valence-electron chi connectivity index (χ4n) is 2.61. The van der Waals surface area contributed by atoms with Crippen LogP contribution >= 0.6 is 17.0 Å². The van der Waals surface area contributed by atoms with Crippen LogP contribution in [-0.2, 0) is 0 Å². The van der Waals surface area contributed by atoms with Gasteiger partial charge in [-0.05, 0) is 37.9 Å². The normalized spacial score (nSPS) is 10.6. The van der Waals surface area contributed by atoms with Crippen molar-refractivity contribution in [2.45, 2.75) is 39.2 Å². The monoisotopic (exact) mass is 381 g/mol. The zero-order valence-electron chi connectivity index (χ0n) is 14.3. The van der Waals surface area contributed by atoms with Gasteiger partial charge in [-0.2, -0.15) is 0 Å². The molecule has 2 aromatic rings. The second-order valence-corrected chi connectivity index (χ2v) is 5.50. The zero-order valence-corrected chi connectivity index (χ0v) is 16.0. The van der Waals surface area contributed by atoms with Crippen molar-refractivity contribution in [1.82, 2.24) is 10.3 Å². The van der Waals surface area contributed by atoms with E-state index >= 15 is 0 Å². The summed E-state index contributed by atoms with van der Waals surface area (Å²) < 4.78 is 5.37. The largest absolute Gasteiger partial charge is 0.497 e. The van der Waals surface area contributed by atoms with Gasteiger partial charge < -0.3 is 15.4 Å². The number of aromatic nitrogens is 1. The second kappa shape index (κ2) is 10.4. The Morgan fingerprint density at radius 2 is 1.96 bits per heavy atom. The summed E-state index contributed by atoms with van der Waals surface area (Å²) in [5.74, 6) is 0.859. The van der Waals surface area contributed by atoms with Gasteiger partial charge in [-0.1, -0.05) is 19.9 Å². The van der Waals surface area contributed by atoms with Crippen LogP contribution in [0.1, 0.15) is 33.1 Å². The third kappa shape index (κ3) is 5.66. The van der Waals surface area contributed by atoms with E-state index < -0.39 is 0 Å². The molecule has 0 unspecified atom stereocenters. The molecule has 23 heavy (non-hydrogen) atoms. The minimum absolute atomic E-state index is 0. The molecule has 0 aliphatic heterocycles. The van der Waals surface area contributed by atoms with Gasteiger partial charge in [0.05, 0.1) is 18.3 Å². The summed E-state index contributed by atoms with van der Waals surface area (Å²) in [5, 5.41) is 8.17. The number of halogens is 1. The van der Waals surface area contributed by atoms with Gasteiger partial charge in [0.1, 0.15) is 5.75 Å². The lowest BCUT2D eigenvalue weighted by molar-refractivity contribution is 0.415. The highest BCUT2D eigenvalue weighted by Crippen LogP contribution is 2.27. The van der Waals surface area contributed by atoms with E-state index in [2.05, 4.69) is 35.5 Å². The highest BCUT2D eigenvalue weighted by Gasteiger charge is 2.05. The molecule has 0 fully saturated rings. The molecule has 0 atom stereocenters. The van der Waals surface area contributed by atoms with Crippen LogP contribution in [0.5, 0.6) is 5.75 Å². The summed E-state index contributed by atoms with van der Waals surface area (Å²) in [6, 6.07) is 8.68. The fraction of sp³-hybridized carbons (Fsp3) is 0.500. The number of hydrogen-bond acceptors (Lipinski definition) is 4. The molecule has 0 radical (unpaired) electrons. The lowest BCUT2D eigenvalue weighted by atomic mass is 10.1. The molecule has 2 N–H and O–H groups in total. The minimum Gasteiger partial charge on any atom is -0.497 e. The molecule has 0 bridgehead atoms. The van der Waals surface area contributed by atoms with Gasteiger partial charge in [0.15, 0.2) is 0 Å². The van der Waals surface area contributed by atoms with Crippen molar-refractivity contribution in [3.63, 3.8) is 0 Å². The highest BCUT2D eigenvalue weighted by atomic mass is 79.9. The number of benzene rings is 1. The summed E-state index contributed by atoms with van der Waals surface area (Å²) in [6.07, 6.45) is 5.29. The molecule has 5 heteroatoms. The molecule has 0 aliphatic rings. The van der Waals surface area contributed by atoms with E-state index in [9.17, 15) is 0 Å². The maximum absolute atomic E-state index is 5.37. The number of hydrogen-bond donors (Lipinski definition) is 2. The Morgan fingerprint density at radius 3 is 2.65 bits per heavy atom. The number of rotatable bonds is 9. The Bertz CT molecular complexity index is 587. The molecule has 1 aromatic heterocycles. The molecule has 1 aromatic carbocycles. The third-order valence-corrected chi connectivity index (χ3v) is 4.00. The summed E-state index contributed by atoms with van der Waals surface area (Å²) >= 11 is 0. The summed E-state index contributed by atoms with van der Waals surface area (Å²) in [6.45, 7) is 6.42. The van der Waals surface area contributed by atoms with Crippen LogP contribution in [-0.4, -0.2) is 31.2 Å². The molecule has 1 heterocycles. The Kier molecular flexibility index (Phi) is 8.95. The number of ether oxygens (including phenoxy) is 1. The van der Waals surface area contributed by atoms with Crippen molar-refractivity contribution in [1.29, 1.82) is 0 Å². The van der Waals surface area contributed by atoms with Crippen molar-refractivity contribution in [2.24, 2.45) is 0 Å². The van der Waals surface area contributed by atoms with E-state index in [0.29, 0.717) is 6.04 Å². The number of nitrogens with one attached hydrogen (secondary N) is 2. The van der Waals surface area contributed by atoms with Crippen LogP contribution in [0.3, 0.4) is 0 Å². The first kappa shape index (κ1) is 19.7. The van der Waals surface area contributed by atoms with Gasteiger partial charge in [0.25, 0.3) is 0 Å². The number of methoxy groups -OCH3 is 1. The topological polar surface area (TPSA) is 46.2 Å². The number of fused-ring (bicyclic) bond motifs is 1. The Labute approximate surface area is 149 Å². The van der Waals surface area contributed by atoms with Gasteiger partial charge in [0, 0.05) is 30.2 Å². The zero-order chi connectivity index (χ0) is 15.8. The first-order chi connectivity index (χ1) is 10.8. The van der Waals surface area contributed by atoms with E-state index in [1.54, 1.807) is 7.11 Å². The van der Waals surface area contributed by atoms with Crippen molar-refractivity contribution in [3.8, 4) is 5.75 Å². The van der Waals surface area contributed by atoms with Gasteiger partial charge in [-0.25, -0.2) is 0 Å². The van der Waals surface area contributed by atoms with Gasteiger partial charge in [-0.15, -0.1) is 17.0 Å². The third-order valence-electron chi connectivity index (χ3n) is 4.00. The van der Waals surface area contributed by atoms with E-state index in [1.165, 1.54) is 12.8 Å². The van der Waals surface area contributed by atoms with Crippen LogP contribution < -0.4 is 15.4 Å². The lowest BCUT2D eigenvalue weighted by Crippen LogP contribution is -2.29. The maximum atomic E-state index is 5.37. The molecule has 0 saturated carbocycles. The van der Waals surface area contributed by atoms with Crippen molar-refractivity contribution < 1.29 is 4.74 Å². The van der Waals surface area contributed by atoms with Crippen molar-refractivity contribution in [2.75, 3.05) is 25.5 Å². The Morgan fingerprint density at radius 1 is 1.17 bits per heavy atom. The fourth-order valence-corrected chi connectivity index (χ4v) is 2.61. The van der Waals surface area contributed by atoms with E-state index in [1.807, 2.05) is 24.4 Å². The van der Waals surface area contributed by atoms with E-state index in [-0.39, 0.29) is 17.0 Å². The molecule has 4 nitrogen and oxygen atoms in total. The first-order valence-corrected chi connectivity index (χ1v) is 8.18. The van der Waals surface area contributed by atoms with Crippen LogP contribution in [0.2, 0.25) is 0 Å². The molecule has 0 saturated heterocycles. The van der Waals surface area contributed by atoms with Crippen LogP contribution in [0.25, 0.3) is 10.9 Å². The molecule has 0 amide bonds. The van der Waals surface area contributed by atoms with Crippen LogP contribution in [0, 0.1) is 0 Å². The molecule has 128 valence electrons. The average molecular weight is 382 g/mol. The van der Waals surface area contributed by atoms with Gasteiger partial charge in [-0.3, -0.25) is 4.98 Å². The second-order valence-electron chi connectivity index (χ2n) is 5.50. The SMILES string of the molecule is Br.CCC(CC)NCCCNc1cc(OC)cc2cccnc12. The maximum Gasteiger partial charge on any atom is 0.121 e. The molecule has 2 rings (SSSR count). The number of pyridine rings is 1. The predicted octanol–water partition coefficient (Wildman–Crippen LogP) is 4.40. The molecule has 0 aliphatic carbocycles. The average Bonchev–Trinajstić information content (AvgIpc) is 2.57. The standard InChI is InChI=1S/C18H27N3O.BrH/c1-4-15(5-2)19-10-7-11-20-17-13-16(22-3)12-14-8-6-9-21-18(14)17;/h6,8-9,12-13,15,19-20H,4-5,7,10-11H2,1-3H3;1H. The molecular weight excluding hydrogens is 354 g/mol. The quantitative estimate of drug-likeness (QED) is 0.631. The van der Waals surface area contributed by atoms with Crippen molar-refractivity contribution in [3.05, 3.63) is 30.5 Å². The van der Waals surface area contributed by atoms with Gasteiger partial charge in [0.2, 0.25) is 0 Å². The van der Waals surface area contributed by atoms with E-state index in [0.717, 1.165) is 41.9 Å². The lowest BCUT2D eigenvalue weighted by Gasteiger charge is -2.15. The Hall–Kier alpha value is -1.33. The summed E-state index contributed by atoms with van der Waals surface area (Å²) in [7, 11) is 1.70. The van der Waals surface area contributed by atoms with Crippen LogP contribution in [0.15, 0.2) is 30.5 Å². The molecular formula is C18H28BrN3O. The Balaban J connectivity index is 0.00000264. The smallest absolute Gasteiger partial charge is 0.121 e.